The summed E-state index contributed by atoms with van der Waals surface area (Å²) in [6.45, 7) is 0. The smallest absolute Gasteiger partial charge is 0.262 e. The third kappa shape index (κ3) is 2.32. The van der Waals surface area contributed by atoms with Crippen molar-refractivity contribution in [1.82, 2.24) is 0 Å². The van der Waals surface area contributed by atoms with Crippen LogP contribution in [-0.4, -0.2) is 0 Å². The first-order chi connectivity index (χ1) is 3.93. The molecule has 1 rings (SSSR count). The van der Waals surface area contributed by atoms with Gasteiger partial charge in [0.05, 0.1) is 0 Å². The van der Waals surface area contributed by atoms with Gasteiger partial charge in [0.1, 0.15) is 0 Å². The molecule has 0 amide bonds. The van der Waals surface area contributed by atoms with Crippen molar-refractivity contribution in [2.45, 2.75) is 0 Å². The molecule has 0 aliphatic carbocycles. The molecule has 0 saturated heterocycles. The first-order valence-corrected chi connectivity index (χ1v) is 2.30. The fourth-order valence-corrected chi connectivity index (χ4v) is 0.463. The number of benzene rings is 1. The Morgan fingerprint density at radius 1 is 1.44 bits per heavy atom. The minimum Gasteiger partial charge on any atom is -0.262 e. The maximum absolute atomic E-state index is 8.26. The van der Waals surface area contributed by atoms with E-state index in [1.165, 1.54) is 0 Å². The summed E-state index contributed by atoms with van der Waals surface area (Å²) in [6, 6.07) is 11.8. The molecule has 0 saturated carbocycles. The predicted molar refractivity (Wildman–Crippen MR) is 30.0 cm³/mol. The van der Waals surface area contributed by atoms with E-state index in [9.17, 15) is 0 Å². The van der Waals surface area contributed by atoms with E-state index in [0.29, 0.717) is 5.56 Å². The molecule has 1 aromatic carbocycles. The van der Waals surface area contributed by atoms with Crippen LogP contribution in [0.25, 0.3) is 0 Å². The van der Waals surface area contributed by atoms with Crippen molar-refractivity contribution in [3.8, 4) is 6.07 Å². The summed E-state index contributed by atoms with van der Waals surface area (Å²) < 4.78 is 0. The fraction of sp³-hybridized carbons (Fsp3) is 0. The van der Waals surface area contributed by atoms with E-state index in [1.54, 1.807) is 12.1 Å². The summed E-state index contributed by atoms with van der Waals surface area (Å²) in [5, 5.41) is 8.26. The largest absolute Gasteiger partial charge is 1.00 e. The van der Waals surface area contributed by atoms with Gasteiger partial charge in [-0.2, -0.15) is 0 Å². The Balaban J connectivity index is 0.000000640. The Labute approximate surface area is 64.8 Å². The van der Waals surface area contributed by atoms with Gasteiger partial charge < -0.3 is 0 Å². The first-order valence-electron chi connectivity index (χ1n) is 2.30. The molecule has 0 aromatic heterocycles. The monoisotopic (exact) mass is 165 g/mol. The molecule has 0 bridgehead atoms. The SMILES string of the molecule is N#Cc1[c-]cccc1.[Cu+]. The van der Waals surface area contributed by atoms with Crippen molar-refractivity contribution in [3.63, 3.8) is 0 Å². The van der Waals surface area contributed by atoms with Crippen molar-refractivity contribution in [2.75, 3.05) is 0 Å². The minimum atomic E-state index is 0. The number of hydrogen-bond acceptors (Lipinski definition) is 1. The fourth-order valence-electron chi connectivity index (χ4n) is 0.463. The molecule has 0 atom stereocenters. The average Bonchev–Trinajstić information content (AvgIpc) is 1.90. The molecule has 0 aliphatic heterocycles. The minimum absolute atomic E-state index is 0. The van der Waals surface area contributed by atoms with E-state index in [4.69, 9.17) is 5.26 Å². The summed E-state index contributed by atoms with van der Waals surface area (Å²) in [6.07, 6.45) is 0. The Hall–Kier alpha value is -0.771. The summed E-state index contributed by atoms with van der Waals surface area (Å²) in [5.41, 5.74) is 0.590. The van der Waals surface area contributed by atoms with Crippen LogP contribution < -0.4 is 0 Å². The third-order valence-corrected chi connectivity index (χ3v) is 0.830. The van der Waals surface area contributed by atoms with Crippen molar-refractivity contribution < 1.29 is 17.1 Å². The molecule has 0 heterocycles. The molecule has 0 N–H and O–H groups in total. The zero-order valence-electron chi connectivity index (χ0n) is 4.56. The molecule has 1 nitrogen and oxygen atoms in total. The van der Waals surface area contributed by atoms with Crippen molar-refractivity contribution in [2.24, 2.45) is 0 Å². The Kier molecular flexibility index (Phi) is 3.79. The Morgan fingerprint density at radius 3 is 2.56 bits per heavy atom. The maximum Gasteiger partial charge on any atom is 1.00 e. The number of nitriles is 1. The van der Waals surface area contributed by atoms with E-state index >= 15 is 0 Å². The molecule has 48 valence electrons. The predicted octanol–water partition coefficient (Wildman–Crippen LogP) is 1.36. The van der Waals surface area contributed by atoms with Gasteiger partial charge in [0, 0.05) is 0 Å². The molecular weight excluding hydrogens is 162 g/mol. The average molecular weight is 166 g/mol. The van der Waals surface area contributed by atoms with Crippen LogP contribution in [0.2, 0.25) is 0 Å². The topological polar surface area (TPSA) is 23.8 Å². The van der Waals surface area contributed by atoms with Crippen molar-refractivity contribution >= 4 is 0 Å². The maximum atomic E-state index is 8.26. The van der Waals surface area contributed by atoms with E-state index in [2.05, 4.69) is 6.07 Å². The molecule has 1 aromatic rings. The van der Waals surface area contributed by atoms with Gasteiger partial charge in [-0.15, -0.1) is 30.3 Å². The van der Waals surface area contributed by atoms with Crippen molar-refractivity contribution in [1.29, 1.82) is 5.26 Å². The second kappa shape index (κ2) is 4.14. The van der Waals surface area contributed by atoms with E-state index in [-0.39, 0.29) is 17.1 Å². The molecule has 9 heavy (non-hydrogen) atoms. The second-order valence-electron chi connectivity index (χ2n) is 1.39. The normalized spacial score (nSPS) is 7.00. The van der Waals surface area contributed by atoms with Gasteiger partial charge in [-0.1, -0.05) is 5.56 Å². The van der Waals surface area contributed by atoms with Crippen LogP contribution in [0, 0.1) is 17.4 Å². The zero-order valence-corrected chi connectivity index (χ0v) is 5.50. The van der Waals surface area contributed by atoms with Crippen LogP contribution in [0.1, 0.15) is 5.56 Å². The van der Waals surface area contributed by atoms with Gasteiger partial charge in [-0.25, -0.2) is 0 Å². The van der Waals surface area contributed by atoms with Gasteiger partial charge >= 0.3 is 17.1 Å². The van der Waals surface area contributed by atoms with E-state index in [0.717, 1.165) is 0 Å². The molecule has 0 spiro atoms. The van der Waals surface area contributed by atoms with Gasteiger partial charge in [-0.05, 0) is 6.07 Å². The van der Waals surface area contributed by atoms with Crippen LogP contribution in [0.5, 0.6) is 0 Å². The summed E-state index contributed by atoms with van der Waals surface area (Å²) >= 11 is 0. The number of rotatable bonds is 0. The van der Waals surface area contributed by atoms with Gasteiger partial charge in [0.2, 0.25) is 0 Å². The van der Waals surface area contributed by atoms with E-state index in [1.807, 2.05) is 18.2 Å². The number of hydrogen-bond donors (Lipinski definition) is 0. The van der Waals surface area contributed by atoms with Crippen LogP contribution >= 0.6 is 0 Å². The Morgan fingerprint density at radius 2 is 2.22 bits per heavy atom. The van der Waals surface area contributed by atoms with Crippen LogP contribution in [0.3, 0.4) is 0 Å². The molecule has 0 aliphatic rings. The van der Waals surface area contributed by atoms with Crippen LogP contribution in [-0.2, 0) is 17.1 Å². The van der Waals surface area contributed by atoms with Crippen LogP contribution in [0.15, 0.2) is 24.3 Å². The zero-order chi connectivity index (χ0) is 5.82. The molecule has 0 radical (unpaired) electrons. The standard InChI is InChI=1S/C7H4N.Cu/c8-6-7-4-2-1-3-5-7;/h1-4H;/q-1;+1. The molecular formula is C7H4CuN. The van der Waals surface area contributed by atoms with Crippen molar-refractivity contribution in [3.05, 3.63) is 35.9 Å². The molecule has 2 heteroatoms. The van der Waals surface area contributed by atoms with Gasteiger partial charge in [0.15, 0.2) is 0 Å². The quantitative estimate of drug-likeness (QED) is 0.421. The van der Waals surface area contributed by atoms with E-state index < -0.39 is 0 Å². The molecule has 0 unspecified atom stereocenters. The Bertz CT molecular complexity index is 200. The summed E-state index contributed by atoms with van der Waals surface area (Å²) in [7, 11) is 0. The van der Waals surface area contributed by atoms with Crippen LogP contribution in [0.4, 0.5) is 0 Å². The number of nitrogens with zero attached hydrogens (tertiary/aromatic N) is 1. The second-order valence-corrected chi connectivity index (χ2v) is 1.39. The molecule has 0 fully saturated rings. The van der Waals surface area contributed by atoms with Gasteiger partial charge in [0.25, 0.3) is 0 Å². The summed E-state index contributed by atoms with van der Waals surface area (Å²) in [4.78, 5) is 0. The first kappa shape index (κ1) is 8.23. The van der Waals surface area contributed by atoms with Gasteiger partial charge in [-0.3, -0.25) is 5.26 Å². The summed E-state index contributed by atoms with van der Waals surface area (Å²) in [5.74, 6) is 0. The third-order valence-electron chi connectivity index (χ3n) is 0.830.